The number of nitrogens with zero attached hydrogens (tertiary/aromatic N) is 1. The number of hydrogen-bond acceptors (Lipinski definition) is 5. The Bertz CT molecular complexity index is 1740. The maximum atomic E-state index is 10.0. The van der Waals surface area contributed by atoms with E-state index in [1.54, 1.807) is 6.20 Å². The molecule has 6 rings (SSSR count). The van der Waals surface area contributed by atoms with E-state index in [4.69, 9.17) is 13.9 Å². The van der Waals surface area contributed by atoms with Crippen LogP contribution in [0.25, 0.3) is 55.5 Å². The van der Waals surface area contributed by atoms with E-state index in [1.807, 2.05) is 36.4 Å². The first-order chi connectivity index (χ1) is 17.4. The molecule has 0 spiro atoms. The summed E-state index contributed by atoms with van der Waals surface area (Å²) < 4.78 is 12.2. The topological polar surface area (TPSA) is 76.5 Å². The Kier molecular flexibility index (Phi) is 7.72. The van der Waals surface area contributed by atoms with Gasteiger partial charge >= 0.3 is 0 Å². The Morgan fingerprint density at radius 3 is 2.41 bits per heavy atom. The van der Waals surface area contributed by atoms with Gasteiger partial charge in [-0.3, -0.25) is 4.79 Å². The molecule has 0 atom stereocenters. The molecule has 0 aliphatic rings. The second-order valence-corrected chi connectivity index (χ2v) is 8.67. The number of para-hydroxylation sites is 1. The Labute approximate surface area is 227 Å². The quantitative estimate of drug-likeness (QED) is 0.117. The average Bonchev–Trinajstić information content (AvgIpc) is 3.45. The fraction of sp³-hybridized carbons (Fsp3) is 0.0968. The van der Waals surface area contributed by atoms with Gasteiger partial charge in [0.25, 0.3) is 0 Å². The average molecular weight is 667 g/mol. The SMILES string of the molecule is CC(=O)/C=C(/C)O.Cc1ccc(-c2cc3cc(-c4[c-]ccc5c4oc4ccccc45)ncc3o2)cc1.[Ir]. The number of aliphatic hydroxyl groups is 1. The predicted octanol–water partition coefficient (Wildman–Crippen LogP) is 8.20. The van der Waals surface area contributed by atoms with Crippen LogP contribution in [0.2, 0.25) is 0 Å². The van der Waals surface area contributed by atoms with E-state index in [2.05, 4.69) is 54.4 Å². The van der Waals surface area contributed by atoms with Gasteiger partial charge in [-0.15, -0.1) is 18.2 Å². The van der Waals surface area contributed by atoms with Crippen molar-refractivity contribution in [3.8, 4) is 22.6 Å². The summed E-state index contributed by atoms with van der Waals surface area (Å²) in [5.74, 6) is 0.775. The standard InChI is InChI=1S/C26H16NO2.C5H8O2.Ir/c1-16-9-11-17(12-10-16)24-14-18-13-22(27-15-25(18)28-24)21-7-4-6-20-19-5-2-3-8-23(19)29-26(20)21;1-4(6)3-5(2)7;/h2-6,8-15H,1H3;3,6H,1-2H3;/q-1;;/b;4-3-;. The van der Waals surface area contributed by atoms with Crippen molar-refractivity contribution in [2.45, 2.75) is 20.8 Å². The van der Waals surface area contributed by atoms with E-state index in [9.17, 15) is 4.79 Å². The minimum absolute atomic E-state index is 0. The van der Waals surface area contributed by atoms with Gasteiger partial charge in [0, 0.05) is 42.5 Å². The van der Waals surface area contributed by atoms with Gasteiger partial charge in [0.05, 0.1) is 17.5 Å². The van der Waals surface area contributed by atoms with Crippen LogP contribution in [-0.2, 0) is 24.9 Å². The summed E-state index contributed by atoms with van der Waals surface area (Å²) in [6.45, 7) is 4.93. The molecule has 0 aliphatic heterocycles. The summed E-state index contributed by atoms with van der Waals surface area (Å²) in [7, 11) is 0. The number of furan rings is 2. The number of pyridine rings is 1. The van der Waals surface area contributed by atoms with Crippen LogP contribution in [0, 0.1) is 13.0 Å². The van der Waals surface area contributed by atoms with Crippen molar-refractivity contribution in [1.82, 2.24) is 4.98 Å². The molecule has 0 saturated heterocycles. The van der Waals surface area contributed by atoms with Gasteiger partial charge < -0.3 is 18.9 Å². The summed E-state index contributed by atoms with van der Waals surface area (Å²) in [6.07, 6.45) is 2.94. The Balaban J connectivity index is 0.000000356. The molecular formula is C31H24IrNO4-. The Morgan fingerprint density at radius 2 is 1.70 bits per heavy atom. The fourth-order valence-electron chi connectivity index (χ4n) is 4.12. The number of ketones is 1. The molecule has 1 N–H and O–H groups in total. The molecule has 3 aromatic heterocycles. The number of allylic oxidation sites excluding steroid dienone is 2. The molecule has 0 aliphatic carbocycles. The summed E-state index contributed by atoms with van der Waals surface area (Å²) in [5.41, 5.74) is 6.40. The van der Waals surface area contributed by atoms with Crippen LogP contribution in [0.15, 0.2) is 99.7 Å². The van der Waals surface area contributed by atoms with E-state index in [1.165, 1.54) is 25.5 Å². The molecule has 1 radical (unpaired) electrons. The minimum Gasteiger partial charge on any atom is -0.512 e. The first-order valence-electron chi connectivity index (χ1n) is 11.6. The zero-order valence-corrected chi connectivity index (χ0v) is 22.9. The molecule has 5 nitrogen and oxygen atoms in total. The van der Waals surface area contributed by atoms with Gasteiger partial charge in [-0.2, -0.15) is 0 Å². The van der Waals surface area contributed by atoms with Crippen molar-refractivity contribution in [2.75, 3.05) is 0 Å². The van der Waals surface area contributed by atoms with Crippen LogP contribution >= 0.6 is 0 Å². The first kappa shape index (κ1) is 26.1. The molecule has 3 heterocycles. The molecule has 3 aromatic carbocycles. The van der Waals surface area contributed by atoms with E-state index in [-0.39, 0.29) is 31.6 Å². The largest absolute Gasteiger partial charge is 0.512 e. The Morgan fingerprint density at radius 1 is 0.946 bits per heavy atom. The third kappa shape index (κ3) is 5.56. The number of aromatic nitrogens is 1. The van der Waals surface area contributed by atoms with Crippen molar-refractivity contribution in [1.29, 1.82) is 0 Å². The van der Waals surface area contributed by atoms with Gasteiger partial charge in [-0.1, -0.05) is 65.0 Å². The van der Waals surface area contributed by atoms with Crippen molar-refractivity contribution in [2.24, 2.45) is 0 Å². The molecular weight excluding hydrogens is 643 g/mol. The van der Waals surface area contributed by atoms with Gasteiger partial charge in [0.1, 0.15) is 11.3 Å². The van der Waals surface area contributed by atoms with Gasteiger partial charge in [0.15, 0.2) is 11.4 Å². The molecule has 0 bridgehead atoms. The van der Waals surface area contributed by atoms with E-state index < -0.39 is 0 Å². The van der Waals surface area contributed by atoms with Crippen molar-refractivity contribution < 1.29 is 38.8 Å². The molecule has 0 unspecified atom stereocenters. The van der Waals surface area contributed by atoms with Crippen LogP contribution in [0.5, 0.6) is 0 Å². The van der Waals surface area contributed by atoms with E-state index >= 15 is 0 Å². The van der Waals surface area contributed by atoms with Gasteiger partial charge in [-0.05, 0) is 38.6 Å². The summed E-state index contributed by atoms with van der Waals surface area (Å²) in [6, 6.07) is 27.8. The third-order valence-electron chi connectivity index (χ3n) is 5.75. The number of carbonyl (C=O) groups is 1. The molecule has 0 saturated carbocycles. The minimum atomic E-state index is -0.125. The fourth-order valence-corrected chi connectivity index (χ4v) is 4.12. The maximum absolute atomic E-state index is 10.0. The van der Waals surface area contributed by atoms with Crippen molar-refractivity contribution in [3.05, 3.63) is 102 Å². The van der Waals surface area contributed by atoms with E-state index in [0.29, 0.717) is 0 Å². The number of aliphatic hydroxyl groups excluding tert-OH is 1. The van der Waals surface area contributed by atoms with Crippen LogP contribution < -0.4 is 0 Å². The normalized spacial score (nSPS) is 11.3. The van der Waals surface area contributed by atoms with Crippen LogP contribution in [0.1, 0.15) is 19.4 Å². The smallest absolute Gasteiger partial charge is 0.155 e. The van der Waals surface area contributed by atoms with Gasteiger partial charge in [0.2, 0.25) is 0 Å². The maximum Gasteiger partial charge on any atom is 0.155 e. The predicted molar refractivity (Wildman–Crippen MR) is 143 cm³/mol. The zero-order chi connectivity index (χ0) is 25.2. The number of carbonyl (C=O) groups excluding carboxylic acids is 1. The van der Waals surface area contributed by atoms with E-state index in [0.717, 1.165) is 55.5 Å². The summed E-state index contributed by atoms with van der Waals surface area (Å²) in [5, 5.41) is 11.5. The van der Waals surface area contributed by atoms with Crippen LogP contribution in [0.3, 0.4) is 0 Å². The molecule has 0 amide bonds. The second-order valence-electron chi connectivity index (χ2n) is 8.67. The van der Waals surface area contributed by atoms with Crippen LogP contribution in [0.4, 0.5) is 0 Å². The molecule has 187 valence electrons. The monoisotopic (exact) mass is 667 g/mol. The number of hydrogen-bond donors (Lipinski definition) is 1. The molecule has 6 aromatic rings. The third-order valence-corrected chi connectivity index (χ3v) is 5.75. The summed E-state index contributed by atoms with van der Waals surface area (Å²) >= 11 is 0. The van der Waals surface area contributed by atoms with Gasteiger partial charge in [-0.25, -0.2) is 0 Å². The van der Waals surface area contributed by atoms with Crippen molar-refractivity contribution in [3.63, 3.8) is 0 Å². The molecule has 37 heavy (non-hydrogen) atoms. The molecule has 0 fully saturated rings. The summed E-state index contributed by atoms with van der Waals surface area (Å²) in [4.78, 5) is 14.7. The Hall–Kier alpha value is -3.99. The number of rotatable bonds is 3. The number of aryl methyl sites for hydroxylation is 1. The van der Waals surface area contributed by atoms with Crippen LogP contribution in [-0.4, -0.2) is 15.9 Å². The second kappa shape index (κ2) is 11.0. The molecule has 6 heteroatoms. The first-order valence-corrected chi connectivity index (χ1v) is 11.6. The number of benzene rings is 3. The number of fused-ring (bicyclic) bond motifs is 4. The van der Waals surface area contributed by atoms with Crippen molar-refractivity contribution >= 4 is 38.7 Å². The zero-order valence-electron chi connectivity index (χ0n) is 20.5.